The van der Waals surface area contributed by atoms with Crippen LogP contribution in [0, 0.1) is 0 Å². The molecule has 1 aromatic heterocycles. The second-order valence-electron chi connectivity index (χ2n) is 4.15. The van der Waals surface area contributed by atoms with Gasteiger partial charge in [-0.25, -0.2) is 4.79 Å². The smallest absolute Gasteiger partial charge is 0.339 e. The predicted octanol–water partition coefficient (Wildman–Crippen LogP) is 3.38. The molecule has 0 bridgehead atoms. The van der Waals surface area contributed by atoms with Crippen molar-refractivity contribution in [3.05, 3.63) is 63.7 Å². The van der Waals surface area contributed by atoms with E-state index in [1.165, 1.54) is 18.7 Å². The van der Waals surface area contributed by atoms with Crippen LogP contribution in [-0.4, -0.2) is 7.11 Å². The first-order valence-corrected chi connectivity index (χ1v) is 6.17. The van der Waals surface area contributed by atoms with Crippen LogP contribution in [0.4, 0.5) is 0 Å². The summed E-state index contributed by atoms with van der Waals surface area (Å²) in [5.41, 5.74) is 1.94. The zero-order chi connectivity index (χ0) is 13.7. The molecule has 0 radical (unpaired) electrons. The topological polar surface area (TPSA) is 39.4 Å². The Labute approximate surface area is 112 Å². The Hall–Kier alpha value is -2.29. The molecule has 0 N–H and O–H groups in total. The zero-order valence-electron chi connectivity index (χ0n) is 11.1. The number of methoxy groups -OCH3 is 1. The lowest BCUT2D eigenvalue weighted by Gasteiger charge is -1.99. The molecule has 1 aromatic carbocycles. The molecule has 0 aliphatic heterocycles. The average molecular weight is 256 g/mol. The van der Waals surface area contributed by atoms with Crippen molar-refractivity contribution in [2.24, 2.45) is 0 Å². The van der Waals surface area contributed by atoms with Gasteiger partial charge in [0.2, 0.25) is 0 Å². The monoisotopic (exact) mass is 256 g/mol. The molecule has 0 aliphatic rings. The average Bonchev–Trinajstić information content (AvgIpc) is 2.45. The number of rotatable bonds is 4. The van der Waals surface area contributed by atoms with Gasteiger partial charge in [0.05, 0.1) is 13.2 Å². The van der Waals surface area contributed by atoms with Crippen LogP contribution in [-0.2, 0) is 6.42 Å². The van der Waals surface area contributed by atoms with E-state index in [-0.39, 0.29) is 0 Å². The van der Waals surface area contributed by atoms with Gasteiger partial charge in [-0.15, -0.1) is 0 Å². The van der Waals surface area contributed by atoms with Crippen LogP contribution in [0.15, 0.2) is 45.6 Å². The maximum atomic E-state index is 11.3. The van der Waals surface area contributed by atoms with E-state index < -0.39 is 5.63 Å². The van der Waals surface area contributed by atoms with Crippen molar-refractivity contribution >= 4 is 12.2 Å². The molecule has 2 aromatic rings. The molecule has 2 rings (SSSR count). The quantitative estimate of drug-likeness (QED) is 0.841. The van der Waals surface area contributed by atoms with Crippen LogP contribution in [0.5, 0.6) is 5.75 Å². The van der Waals surface area contributed by atoms with Crippen molar-refractivity contribution in [2.45, 2.75) is 13.3 Å². The van der Waals surface area contributed by atoms with Gasteiger partial charge in [0, 0.05) is 6.07 Å². The summed E-state index contributed by atoms with van der Waals surface area (Å²) in [5, 5.41) is 0. The second kappa shape index (κ2) is 6.05. The molecule has 0 saturated heterocycles. The van der Waals surface area contributed by atoms with Crippen molar-refractivity contribution in [3.8, 4) is 5.75 Å². The molecule has 3 nitrogen and oxygen atoms in total. The van der Waals surface area contributed by atoms with Gasteiger partial charge >= 0.3 is 5.63 Å². The summed E-state index contributed by atoms with van der Waals surface area (Å²) in [5.74, 6) is 0.973. The number of hydrogen-bond acceptors (Lipinski definition) is 3. The fourth-order valence-corrected chi connectivity index (χ4v) is 1.72. The fraction of sp³-hybridized carbons (Fsp3) is 0.188. The maximum absolute atomic E-state index is 11.3. The van der Waals surface area contributed by atoms with E-state index in [4.69, 9.17) is 9.15 Å². The lowest BCUT2D eigenvalue weighted by molar-refractivity contribution is 0.400. The first-order valence-electron chi connectivity index (χ1n) is 6.17. The van der Waals surface area contributed by atoms with E-state index >= 15 is 0 Å². The molecule has 1 heterocycles. The van der Waals surface area contributed by atoms with Crippen molar-refractivity contribution < 1.29 is 9.15 Å². The second-order valence-corrected chi connectivity index (χ2v) is 4.15. The minimum absolute atomic E-state index is 0.416. The van der Waals surface area contributed by atoms with Gasteiger partial charge in [0.1, 0.15) is 11.5 Å². The van der Waals surface area contributed by atoms with Gasteiger partial charge in [0.15, 0.2) is 0 Å². The molecular formula is C16H16O3. The predicted molar refractivity (Wildman–Crippen MR) is 76.3 cm³/mol. The largest absolute Gasteiger partial charge is 0.496 e. The normalized spacial score (nSPS) is 10.8. The fourth-order valence-electron chi connectivity index (χ4n) is 1.72. The highest BCUT2D eigenvalue weighted by atomic mass is 16.5. The van der Waals surface area contributed by atoms with Crippen LogP contribution in [0.1, 0.15) is 23.8 Å². The third-order valence-corrected chi connectivity index (χ3v) is 2.83. The lowest BCUT2D eigenvalue weighted by Crippen LogP contribution is -1.98. The molecule has 0 atom stereocenters. The summed E-state index contributed by atoms with van der Waals surface area (Å²) >= 11 is 0. The van der Waals surface area contributed by atoms with Crippen LogP contribution in [0.25, 0.3) is 12.2 Å². The highest BCUT2D eigenvalue weighted by molar-refractivity contribution is 5.67. The summed E-state index contributed by atoms with van der Waals surface area (Å²) in [6, 6.07) is 11.2. The van der Waals surface area contributed by atoms with E-state index in [0.29, 0.717) is 11.5 Å². The summed E-state index contributed by atoms with van der Waals surface area (Å²) in [4.78, 5) is 11.3. The number of hydrogen-bond donors (Lipinski definition) is 0. The highest BCUT2D eigenvalue weighted by Crippen LogP contribution is 2.13. The summed E-state index contributed by atoms with van der Waals surface area (Å²) in [7, 11) is 1.52. The summed E-state index contributed by atoms with van der Waals surface area (Å²) in [6.07, 6.45) is 4.68. The first kappa shape index (κ1) is 13.1. The van der Waals surface area contributed by atoms with Crippen LogP contribution >= 0.6 is 0 Å². The highest BCUT2D eigenvalue weighted by Gasteiger charge is 1.98. The molecular weight excluding hydrogens is 240 g/mol. The molecule has 0 spiro atoms. The summed E-state index contributed by atoms with van der Waals surface area (Å²) < 4.78 is 10.1. The molecule has 0 aliphatic carbocycles. The van der Waals surface area contributed by atoms with Crippen LogP contribution in [0.3, 0.4) is 0 Å². The van der Waals surface area contributed by atoms with E-state index in [9.17, 15) is 4.79 Å². The van der Waals surface area contributed by atoms with Crippen LogP contribution < -0.4 is 10.4 Å². The molecule has 19 heavy (non-hydrogen) atoms. The van der Waals surface area contributed by atoms with Crippen molar-refractivity contribution in [1.82, 2.24) is 0 Å². The van der Waals surface area contributed by atoms with E-state index in [1.807, 2.05) is 18.2 Å². The van der Waals surface area contributed by atoms with Gasteiger partial charge in [-0.1, -0.05) is 37.3 Å². The first-order chi connectivity index (χ1) is 9.21. The minimum Gasteiger partial charge on any atom is -0.496 e. The third-order valence-electron chi connectivity index (χ3n) is 2.83. The standard InChI is InChI=1S/C16H16O3/c1-3-12-4-6-13(7-5-12)8-9-14-10-15(18-2)11-16(17)19-14/h4-11H,3H2,1-2H3/b9-8+. The molecule has 0 unspecified atom stereocenters. The Kier molecular flexibility index (Phi) is 4.18. The van der Waals surface area contributed by atoms with E-state index in [1.54, 1.807) is 12.1 Å². The van der Waals surface area contributed by atoms with Crippen LogP contribution in [0.2, 0.25) is 0 Å². The van der Waals surface area contributed by atoms with Gasteiger partial charge in [-0.3, -0.25) is 0 Å². The number of ether oxygens (including phenoxy) is 1. The minimum atomic E-state index is -0.416. The third kappa shape index (κ3) is 3.58. The van der Waals surface area contributed by atoms with Gasteiger partial charge in [-0.2, -0.15) is 0 Å². The van der Waals surface area contributed by atoms with Gasteiger partial charge in [-0.05, 0) is 23.6 Å². The Bertz CT molecular complexity index is 621. The lowest BCUT2D eigenvalue weighted by atomic mass is 10.1. The molecule has 3 heteroatoms. The molecule has 98 valence electrons. The van der Waals surface area contributed by atoms with Crippen molar-refractivity contribution in [3.63, 3.8) is 0 Å². The Morgan fingerprint density at radius 3 is 2.53 bits per heavy atom. The van der Waals surface area contributed by atoms with E-state index in [0.717, 1.165) is 12.0 Å². The number of aryl methyl sites for hydroxylation is 1. The maximum Gasteiger partial charge on any atom is 0.339 e. The SMILES string of the molecule is CCc1ccc(/C=C/c2cc(OC)cc(=O)o2)cc1. The van der Waals surface area contributed by atoms with E-state index in [2.05, 4.69) is 19.1 Å². The summed E-state index contributed by atoms with van der Waals surface area (Å²) in [6.45, 7) is 2.12. The van der Waals surface area contributed by atoms with Gasteiger partial charge in [0.25, 0.3) is 0 Å². The zero-order valence-corrected chi connectivity index (χ0v) is 11.1. The molecule has 0 amide bonds. The van der Waals surface area contributed by atoms with Crippen molar-refractivity contribution in [1.29, 1.82) is 0 Å². The van der Waals surface area contributed by atoms with Crippen molar-refractivity contribution in [2.75, 3.05) is 7.11 Å². The Morgan fingerprint density at radius 2 is 1.89 bits per heavy atom. The molecule has 0 fully saturated rings. The molecule has 0 saturated carbocycles. The van der Waals surface area contributed by atoms with Gasteiger partial charge < -0.3 is 9.15 Å². The number of benzene rings is 1. The Balaban J connectivity index is 2.21. The Morgan fingerprint density at radius 1 is 1.16 bits per heavy atom.